The molecule has 20 heavy (non-hydrogen) atoms. The van der Waals surface area contributed by atoms with Crippen LogP contribution in [0, 0.1) is 5.41 Å². The molecule has 1 rings (SSSR count). The fourth-order valence-corrected chi connectivity index (χ4v) is 2.18. The summed E-state index contributed by atoms with van der Waals surface area (Å²) in [7, 11) is 2.82. The summed E-state index contributed by atoms with van der Waals surface area (Å²) in [6, 6.07) is 2.50. The number of phenols is 1. The number of halogens is 2. The fourth-order valence-electron chi connectivity index (χ4n) is 1.73. The Labute approximate surface area is 133 Å². The van der Waals surface area contributed by atoms with Crippen molar-refractivity contribution in [1.82, 2.24) is 0 Å². The zero-order valence-corrected chi connectivity index (χ0v) is 14.2. The van der Waals surface area contributed by atoms with Gasteiger partial charge < -0.3 is 20.3 Å². The van der Waals surface area contributed by atoms with Crippen molar-refractivity contribution in [2.45, 2.75) is 19.9 Å². The molecule has 1 aromatic carbocycles. The molecule has 0 spiro atoms. The van der Waals surface area contributed by atoms with E-state index >= 15 is 0 Å². The molecule has 0 unspecified atom stereocenters. The lowest BCUT2D eigenvalue weighted by Gasteiger charge is -2.29. The first kappa shape index (κ1) is 19.0. The van der Waals surface area contributed by atoms with Gasteiger partial charge in [0.05, 0.1) is 24.1 Å². The van der Waals surface area contributed by atoms with Gasteiger partial charge in [-0.25, -0.2) is 0 Å². The number of benzene rings is 1. The van der Waals surface area contributed by atoms with E-state index in [2.05, 4.69) is 15.9 Å². The molecule has 0 fully saturated rings. The molecule has 0 aromatic heterocycles. The zero-order chi connectivity index (χ0) is 14.8. The molecule has 0 bridgehead atoms. The standard InChI is InChI=1S/C13H18BrNO4.ClH/c1-13(2,12(17)19-4)11(15)8-5-7(18-3)6-9(14)10(8)16;/h5-6,11,16H,15H2,1-4H3;1H/t11-;/m1./s1. The zero-order valence-electron chi connectivity index (χ0n) is 11.8. The van der Waals surface area contributed by atoms with Crippen LogP contribution >= 0.6 is 28.3 Å². The Morgan fingerprint density at radius 2 is 1.95 bits per heavy atom. The normalized spacial score (nSPS) is 12.3. The van der Waals surface area contributed by atoms with Crippen LogP contribution in [-0.2, 0) is 9.53 Å². The van der Waals surface area contributed by atoms with Crippen molar-refractivity contribution in [3.8, 4) is 11.5 Å². The van der Waals surface area contributed by atoms with Crippen LogP contribution in [0.3, 0.4) is 0 Å². The van der Waals surface area contributed by atoms with Gasteiger partial charge in [0, 0.05) is 11.6 Å². The maximum atomic E-state index is 11.8. The Balaban J connectivity index is 0.00000361. The number of carbonyl (C=O) groups excluding carboxylic acids is 1. The number of phenolic OH excluding ortho intramolecular Hbond substituents is 1. The summed E-state index contributed by atoms with van der Waals surface area (Å²) in [5.41, 5.74) is 5.55. The minimum Gasteiger partial charge on any atom is -0.506 e. The quantitative estimate of drug-likeness (QED) is 0.799. The highest BCUT2D eigenvalue weighted by molar-refractivity contribution is 9.10. The summed E-state index contributed by atoms with van der Waals surface area (Å²) in [6.45, 7) is 3.33. The van der Waals surface area contributed by atoms with E-state index in [1.54, 1.807) is 26.0 Å². The number of esters is 1. The van der Waals surface area contributed by atoms with Crippen LogP contribution in [0.25, 0.3) is 0 Å². The lowest BCUT2D eigenvalue weighted by Crippen LogP contribution is -2.37. The van der Waals surface area contributed by atoms with Gasteiger partial charge in [-0.1, -0.05) is 0 Å². The highest BCUT2D eigenvalue weighted by Crippen LogP contribution is 2.41. The molecule has 0 heterocycles. The molecule has 5 nitrogen and oxygen atoms in total. The van der Waals surface area contributed by atoms with Crippen LogP contribution in [0.1, 0.15) is 25.5 Å². The number of nitrogens with two attached hydrogens (primary N) is 1. The maximum absolute atomic E-state index is 11.8. The molecule has 0 aliphatic rings. The van der Waals surface area contributed by atoms with Gasteiger partial charge in [-0.2, -0.15) is 0 Å². The van der Waals surface area contributed by atoms with E-state index in [0.29, 0.717) is 15.8 Å². The fraction of sp³-hybridized carbons (Fsp3) is 0.462. The molecule has 114 valence electrons. The minimum absolute atomic E-state index is 0. The third-order valence-electron chi connectivity index (χ3n) is 3.13. The van der Waals surface area contributed by atoms with Gasteiger partial charge >= 0.3 is 5.97 Å². The Bertz CT molecular complexity index is 494. The Morgan fingerprint density at radius 1 is 1.40 bits per heavy atom. The molecule has 3 N–H and O–H groups in total. The molecular weight excluding hydrogens is 350 g/mol. The lowest BCUT2D eigenvalue weighted by atomic mass is 9.80. The third kappa shape index (κ3) is 3.56. The number of hydrogen-bond acceptors (Lipinski definition) is 5. The molecule has 0 saturated heterocycles. The van der Waals surface area contributed by atoms with Crippen molar-refractivity contribution in [2.75, 3.05) is 14.2 Å². The topological polar surface area (TPSA) is 81.8 Å². The van der Waals surface area contributed by atoms with E-state index in [9.17, 15) is 9.90 Å². The average Bonchev–Trinajstić information content (AvgIpc) is 2.39. The summed E-state index contributed by atoms with van der Waals surface area (Å²) in [5, 5.41) is 10.1. The molecular formula is C13H19BrClNO4. The van der Waals surface area contributed by atoms with Gasteiger partial charge in [-0.15, -0.1) is 12.4 Å². The van der Waals surface area contributed by atoms with Crippen LogP contribution < -0.4 is 10.5 Å². The van der Waals surface area contributed by atoms with E-state index in [1.165, 1.54) is 14.2 Å². The molecule has 1 aromatic rings. The molecule has 0 saturated carbocycles. The second-order valence-corrected chi connectivity index (χ2v) is 5.59. The minimum atomic E-state index is -0.974. The number of ether oxygens (including phenoxy) is 2. The average molecular weight is 369 g/mol. The first-order chi connectivity index (χ1) is 8.75. The van der Waals surface area contributed by atoms with Crippen LogP contribution in [0.2, 0.25) is 0 Å². The summed E-state index contributed by atoms with van der Waals surface area (Å²) in [6.07, 6.45) is 0. The van der Waals surface area contributed by atoms with Crippen molar-refractivity contribution in [2.24, 2.45) is 11.1 Å². The van der Waals surface area contributed by atoms with E-state index in [-0.39, 0.29) is 18.2 Å². The first-order valence-corrected chi connectivity index (χ1v) is 6.45. The van der Waals surface area contributed by atoms with Crippen LogP contribution in [0.15, 0.2) is 16.6 Å². The number of aromatic hydroxyl groups is 1. The number of rotatable bonds is 4. The molecule has 0 aliphatic carbocycles. The van der Waals surface area contributed by atoms with E-state index in [4.69, 9.17) is 15.2 Å². The third-order valence-corrected chi connectivity index (χ3v) is 3.73. The van der Waals surface area contributed by atoms with Crippen LogP contribution in [0.4, 0.5) is 0 Å². The van der Waals surface area contributed by atoms with Gasteiger partial charge in [-0.05, 0) is 41.9 Å². The molecule has 7 heteroatoms. The van der Waals surface area contributed by atoms with Crippen molar-refractivity contribution in [3.63, 3.8) is 0 Å². The molecule has 0 amide bonds. The highest BCUT2D eigenvalue weighted by Gasteiger charge is 2.38. The number of hydrogen-bond donors (Lipinski definition) is 2. The lowest BCUT2D eigenvalue weighted by molar-refractivity contribution is -0.152. The van der Waals surface area contributed by atoms with E-state index in [0.717, 1.165) is 0 Å². The van der Waals surface area contributed by atoms with Crippen molar-refractivity contribution in [1.29, 1.82) is 0 Å². The maximum Gasteiger partial charge on any atom is 0.313 e. The number of methoxy groups -OCH3 is 2. The van der Waals surface area contributed by atoms with Gasteiger partial charge in [0.2, 0.25) is 0 Å². The summed E-state index contributed by atoms with van der Waals surface area (Å²) < 4.78 is 10.3. The largest absolute Gasteiger partial charge is 0.506 e. The molecule has 0 aliphatic heterocycles. The summed E-state index contributed by atoms with van der Waals surface area (Å²) in [4.78, 5) is 11.8. The van der Waals surface area contributed by atoms with Gasteiger partial charge in [-0.3, -0.25) is 4.79 Å². The van der Waals surface area contributed by atoms with Gasteiger partial charge in [0.1, 0.15) is 11.5 Å². The highest BCUT2D eigenvalue weighted by atomic mass is 79.9. The molecule has 0 radical (unpaired) electrons. The second-order valence-electron chi connectivity index (χ2n) is 4.74. The number of carbonyl (C=O) groups is 1. The van der Waals surface area contributed by atoms with Gasteiger partial charge in [0.25, 0.3) is 0 Å². The Kier molecular flexibility index (Phi) is 6.80. The SMILES string of the molecule is COC(=O)C(C)(C)[C@H](N)c1cc(OC)cc(Br)c1O.Cl. The van der Waals surface area contributed by atoms with Crippen molar-refractivity contribution >= 4 is 34.3 Å². The van der Waals surface area contributed by atoms with Crippen molar-refractivity contribution < 1.29 is 19.4 Å². The monoisotopic (exact) mass is 367 g/mol. The molecule has 1 atom stereocenters. The summed E-state index contributed by atoms with van der Waals surface area (Å²) >= 11 is 3.23. The Hall–Kier alpha value is -0.980. The van der Waals surface area contributed by atoms with Crippen molar-refractivity contribution in [3.05, 3.63) is 22.2 Å². The van der Waals surface area contributed by atoms with Crippen LogP contribution in [0.5, 0.6) is 11.5 Å². The van der Waals surface area contributed by atoms with Gasteiger partial charge in [0.15, 0.2) is 0 Å². The smallest absolute Gasteiger partial charge is 0.313 e. The Morgan fingerprint density at radius 3 is 2.40 bits per heavy atom. The second kappa shape index (κ2) is 7.15. The summed E-state index contributed by atoms with van der Waals surface area (Å²) in [5.74, 6) is 0.0828. The first-order valence-electron chi connectivity index (χ1n) is 5.66. The van der Waals surface area contributed by atoms with E-state index < -0.39 is 17.4 Å². The van der Waals surface area contributed by atoms with Crippen LogP contribution in [-0.4, -0.2) is 25.3 Å². The predicted molar refractivity (Wildman–Crippen MR) is 82.3 cm³/mol. The predicted octanol–water partition coefficient (Wildman–Crippen LogP) is 2.78. The van der Waals surface area contributed by atoms with E-state index in [1.807, 2.05) is 0 Å².